The van der Waals surface area contributed by atoms with E-state index in [2.05, 4.69) is 4.98 Å². The van der Waals surface area contributed by atoms with Gasteiger partial charge in [-0.15, -0.1) is 0 Å². The van der Waals surface area contributed by atoms with Crippen LogP contribution >= 0.6 is 0 Å². The lowest BCUT2D eigenvalue weighted by Gasteiger charge is -2.22. The molecule has 1 fully saturated rings. The molecule has 0 aromatic carbocycles. The summed E-state index contributed by atoms with van der Waals surface area (Å²) in [5.41, 5.74) is 1.66. The number of methoxy groups -OCH3 is 1. The molecule has 0 aliphatic heterocycles. The van der Waals surface area contributed by atoms with Crippen molar-refractivity contribution in [3.8, 4) is 0 Å². The van der Waals surface area contributed by atoms with Crippen molar-refractivity contribution < 1.29 is 14.6 Å². The van der Waals surface area contributed by atoms with E-state index in [-0.39, 0.29) is 5.41 Å². The molecular weight excluding hydrogens is 206 g/mol. The van der Waals surface area contributed by atoms with Crippen LogP contribution in [0.15, 0.2) is 18.5 Å². The van der Waals surface area contributed by atoms with Gasteiger partial charge >= 0.3 is 5.97 Å². The van der Waals surface area contributed by atoms with Crippen LogP contribution in [0.25, 0.3) is 0 Å². The van der Waals surface area contributed by atoms with Crippen molar-refractivity contribution in [3.05, 3.63) is 29.6 Å². The molecule has 0 amide bonds. The second-order valence-corrected chi connectivity index (χ2v) is 4.36. The van der Waals surface area contributed by atoms with Crippen molar-refractivity contribution in [2.75, 3.05) is 7.11 Å². The van der Waals surface area contributed by atoms with E-state index in [9.17, 15) is 4.79 Å². The van der Waals surface area contributed by atoms with Gasteiger partial charge in [-0.1, -0.05) is 6.07 Å². The monoisotopic (exact) mass is 221 g/mol. The molecule has 0 radical (unpaired) electrons. The Morgan fingerprint density at radius 3 is 2.69 bits per heavy atom. The van der Waals surface area contributed by atoms with E-state index in [0.717, 1.165) is 24.0 Å². The third-order valence-electron chi connectivity index (χ3n) is 3.20. The first kappa shape index (κ1) is 11.1. The summed E-state index contributed by atoms with van der Waals surface area (Å²) in [6, 6.07) is 2.00. The van der Waals surface area contributed by atoms with Gasteiger partial charge in [0.1, 0.15) is 0 Å². The molecule has 1 unspecified atom stereocenters. The largest absolute Gasteiger partial charge is 0.479 e. The van der Waals surface area contributed by atoms with Gasteiger partial charge in [0, 0.05) is 24.9 Å². The third kappa shape index (κ3) is 1.69. The van der Waals surface area contributed by atoms with E-state index in [1.54, 1.807) is 12.4 Å². The van der Waals surface area contributed by atoms with Crippen molar-refractivity contribution >= 4 is 5.97 Å². The number of pyridine rings is 1. The van der Waals surface area contributed by atoms with E-state index in [4.69, 9.17) is 9.84 Å². The van der Waals surface area contributed by atoms with Crippen molar-refractivity contribution in [3.63, 3.8) is 0 Å². The highest BCUT2D eigenvalue weighted by atomic mass is 16.5. The average molecular weight is 221 g/mol. The minimum Gasteiger partial charge on any atom is -0.479 e. The standard InChI is InChI=1S/C12H15NO3/c1-8-5-9(7-13-6-8)12(3-4-12)10(16-2)11(14)15/h5-7,10H,3-4H2,1-2H3,(H,14,15). The van der Waals surface area contributed by atoms with E-state index >= 15 is 0 Å². The summed E-state index contributed by atoms with van der Waals surface area (Å²) < 4.78 is 5.11. The van der Waals surface area contributed by atoms with E-state index in [0.29, 0.717) is 0 Å². The molecule has 0 saturated heterocycles. The quantitative estimate of drug-likeness (QED) is 0.837. The van der Waals surface area contributed by atoms with Gasteiger partial charge in [-0.05, 0) is 30.9 Å². The average Bonchev–Trinajstić information content (AvgIpc) is 3.00. The van der Waals surface area contributed by atoms with Crippen LogP contribution < -0.4 is 0 Å². The number of carboxylic acid groups (broad SMARTS) is 1. The van der Waals surface area contributed by atoms with Gasteiger partial charge in [-0.2, -0.15) is 0 Å². The first-order valence-electron chi connectivity index (χ1n) is 5.28. The molecule has 4 heteroatoms. The summed E-state index contributed by atoms with van der Waals surface area (Å²) in [5.74, 6) is -0.901. The van der Waals surface area contributed by atoms with Gasteiger partial charge in [-0.25, -0.2) is 4.79 Å². The second kappa shape index (κ2) is 3.87. The first-order chi connectivity index (χ1) is 7.60. The maximum absolute atomic E-state index is 11.1. The zero-order chi connectivity index (χ0) is 11.8. The number of aryl methyl sites for hydroxylation is 1. The Morgan fingerprint density at radius 2 is 2.25 bits per heavy atom. The Bertz CT molecular complexity index is 412. The van der Waals surface area contributed by atoms with E-state index in [1.807, 2.05) is 13.0 Å². The van der Waals surface area contributed by atoms with E-state index in [1.165, 1.54) is 7.11 Å². The number of hydrogen-bond donors (Lipinski definition) is 1. The molecule has 2 rings (SSSR count). The Balaban J connectivity index is 2.35. The zero-order valence-electron chi connectivity index (χ0n) is 9.43. The molecular formula is C12H15NO3. The first-order valence-corrected chi connectivity index (χ1v) is 5.28. The van der Waals surface area contributed by atoms with Crippen molar-refractivity contribution in [1.82, 2.24) is 4.98 Å². The van der Waals surface area contributed by atoms with Crippen LogP contribution in [0.5, 0.6) is 0 Å². The summed E-state index contributed by atoms with van der Waals surface area (Å²) in [6.07, 6.45) is 4.44. The van der Waals surface area contributed by atoms with Crippen molar-refractivity contribution in [1.29, 1.82) is 0 Å². The maximum Gasteiger partial charge on any atom is 0.333 e. The number of ether oxygens (including phenoxy) is 1. The normalized spacial score (nSPS) is 19.1. The third-order valence-corrected chi connectivity index (χ3v) is 3.20. The lowest BCUT2D eigenvalue weighted by atomic mass is 9.90. The number of carboxylic acids is 1. The van der Waals surface area contributed by atoms with Crippen molar-refractivity contribution in [2.24, 2.45) is 0 Å². The highest BCUT2D eigenvalue weighted by Crippen LogP contribution is 2.51. The van der Waals surface area contributed by atoms with Gasteiger partial charge < -0.3 is 9.84 Å². The van der Waals surface area contributed by atoms with Crippen LogP contribution in [0, 0.1) is 6.92 Å². The Morgan fingerprint density at radius 1 is 1.56 bits per heavy atom. The molecule has 1 N–H and O–H groups in total. The van der Waals surface area contributed by atoms with Gasteiger partial charge in [0.05, 0.1) is 0 Å². The number of nitrogens with zero attached hydrogens (tertiary/aromatic N) is 1. The fourth-order valence-electron chi connectivity index (χ4n) is 2.23. The lowest BCUT2D eigenvalue weighted by molar-refractivity contribution is -0.150. The molecule has 1 aromatic rings. The predicted molar refractivity (Wildman–Crippen MR) is 58.3 cm³/mol. The molecule has 16 heavy (non-hydrogen) atoms. The minimum absolute atomic E-state index is 0.362. The van der Waals surface area contributed by atoms with Crippen molar-refractivity contribution in [2.45, 2.75) is 31.3 Å². The molecule has 1 aliphatic rings. The molecule has 1 atom stereocenters. The number of aromatic nitrogens is 1. The molecule has 0 bridgehead atoms. The van der Waals surface area contributed by atoms with Crippen LogP contribution in [-0.2, 0) is 14.9 Å². The number of aliphatic carboxylic acids is 1. The summed E-state index contributed by atoms with van der Waals surface area (Å²) >= 11 is 0. The zero-order valence-corrected chi connectivity index (χ0v) is 9.43. The number of rotatable bonds is 4. The number of carbonyl (C=O) groups is 1. The summed E-state index contributed by atoms with van der Waals surface area (Å²) in [5, 5.41) is 9.13. The van der Waals surface area contributed by atoms with Gasteiger partial charge in [0.2, 0.25) is 0 Å². The Kier molecular flexibility index (Phi) is 2.68. The molecule has 4 nitrogen and oxygen atoms in total. The topological polar surface area (TPSA) is 59.4 Å². The second-order valence-electron chi connectivity index (χ2n) is 4.36. The summed E-state index contributed by atoms with van der Waals surface area (Å²) in [6.45, 7) is 1.95. The molecule has 1 aromatic heterocycles. The Labute approximate surface area is 94.3 Å². The molecule has 86 valence electrons. The predicted octanol–water partition coefficient (Wildman–Crippen LogP) is 1.52. The summed E-state index contributed by atoms with van der Waals surface area (Å²) in [4.78, 5) is 15.2. The van der Waals surface area contributed by atoms with Crippen LogP contribution in [0.1, 0.15) is 24.0 Å². The molecule has 0 spiro atoms. The van der Waals surface area contributed by atoms with Gasteiger partial charge in [-0.3, -0.25) is 4.98 Å². The maximum atomic E-state index is 11.1. The molecule has 1 aliphatic carbocycles. The summed E-state index contributed by atoms with van der Waals surface area (Å²) in [7, 11) is 1.45. The van der Waals surface area contributed by atoms with Gasteiger partial charge in [0.15, 0.2) is 6.10 Å². The fourth-order valence-corrected chi connectivity index (χ4v) is 2.23. The highest BCUT2D eigenvalue weighted by molar-refractivity contribution is 5.76. The smallest absolute Gasteiger partial charge is 0.333 e. The lowest BCUT2D eigenvalue weighted by Crippen LogP contribution is -2.35. The highest BCUT2D eigenvalue weighted by Gasteiger charge is 2.54. The van der Waals surface area contributed by atoms with Crippen LogP contribution in [0.4, 0.5) is 0 Å². The van der Waals surface area contributed by atoms with Crippen LogP contribution in [0.3, 0.4) is 0 Å². The van der Waals surface area contributed by atoms with Crippen LogP contribution in [0.2, 0.25) is 0 Å². The fraction of sp³-hybridized carbons (Fsp3) is 0.500. The number of hydrogen-bond acceptors (Lipinski definition) is 3. The molecule has 1 heterocycles. The van der Waals surface area contributed by atoms with E-state index < -0.39 is 12.1 Å². The minimum atomic E-state index is -0.901. The van der Waals surface area contributed by atoms with Gasteiger partial charge in [0.25, 0.3) is 0 Å². The Hall–Kier alpha value is -1.42. The van der Waals surface area contributed by atoms with Crippen LogP contribution in [-0.4, -0.2) is 29.3 Å². The molecule has 1 saturated carbocycles. The SMILES string of the molecule is COC(C(=O)O)C1(c2cncc(C)c2)CC1.